The Morgan fingerprint density at radius 2 is 1.60 bits per heavy atom. The summed E-state index contributed by atoms with van der Waals surface area (Å²) in [5.41, 5.74) is 0.460. The zero-order chi connectivity index (χ0) is 11.6. The Kier molecular flexibility index (Phi) is 9.12. The van der Waals surface area contributed by atoms with Gasteiger partial charge in [-0.1, -0.05) is 47.0 Å². The zero-order valence-electron chi connectivity index (χ0n) is 11.2. The molecule has 0 atom stereocenters. The molecule has 0 aliphatic heterocycles. The van der Waals surface area contributed by atoms with Crippen molar-refractivity contribution in [3.63, 3.8) is 0 Å². The number of rotatable bonds is 10. The Bertz CT molecular complexity index is 132. The summed E-state index contributed by atoms with van der Waals surface area (Å²) in [4.78, 5) is 0. The van der Waals surface area contributed by atoms with Crippen LogP contribution in [0, 0.1) is 5.41 Å². The molecule has 0 aromatic carbocycles. The highest BCUT2D eigenvalue weighted by Gasteiger charge is 2.15. The van der Waals surface area contributed by atoms with Crippen LogP contribution in [0.3, 0.4) is 0 Å². The molecule has 0 aliphatic carbocycles. The van der Waals surface area contributed by atoms with Crippen LogP contribution >= 0.6 is 0 Å². The third-order valence-corrected chi connectivity index (χ3v) is 2.79. The first-order valence-electron chi connectivity index (χ1n) is 6.54. The molecular weight excluding hydrogens is 184 g/mol. The summed E-state index contributed by atoms with van der Waals surface area (Å²) in [6.07, 6.45) is 5.41. The van der Waals surface area contributed by atoms with Crippen molar-refractivity contribution >= 4 is 0 Å². The first-order chi connectivity index (χ1) is 7.12. The van der Waals surface area contributed by atoms with Crippen molar-refractivity contribution in [3.05, 3.63) is 0 Å². The molecule has 0 saturated carbocycles. The molecule has 0 heterocycles. The Labute approximate surface area is 96.2 Å². The molecular formula is C13H30N2. The Morgan fingerprint density at radius 1 is 0.933 bits per heavy atom. The summed E-state index contributed by atoms with van der Waals surface area (Å²) < 4.78 is 0. The van der Waals surface area contributed by atoms with Crippen LogP contribution in [0.25, 0.3) is 0 Å². The molecule has 0 aromatic rings. The summed E-state index contributed by atoms with van der Waals surface area (Å²) in [7, 11) is 0. The first kappa shape index (κ1) is 14.9. The minimum Gasteiger partial charge on any atom is -0.316 e. The fraction of sp³-hybridized carbons (Fsp3) is 1.00. The lowest BCUT2D eigenvalue weighted by atomic mass is 9.87. The van der Waals surface area contributed by atoms with Crippen LogP contribution in [0.4, 0.5) is 0 Å². The van der Waals surface area contributed by atoms with Crippen molar-refractivity contribution in [3.8, 4) is 0 Å². The maximum atomic E-state index is 3.52. The van der Waals surface area contributed by atoms with Gasteiger partial charge >= 0.3 is 0 Å². The summed E-state index contributed by atoms with van der Waals surface area (Å²) >= 11 is 0. The molecule has 0 radical (unpaired) electrons. The van der Waals surface area contributed by atoms with E-state index in [0.29, 0.717) is 5.41 Å². The predicted octanol–water partition coefficient (Wildman–Crippen LogP) is 2.79. The second kappa shape index (κ2) is 9.17. The van der Waals surface area contributed by atoms with Gasteiger partial charge in [-0.3, -0.25) is 0 Å². The summed E-state index contributed by atoms with van der Waals surface area (Å²) in [5, 5.41) is 6.85. The van der Waals surface area contributed by atoms with Gasteiger partial charge in [-0.2, -0.15) is 0 Å². The van der Waals surface area contributed by atoms with Gasteiger partial charge in [-0.05, 0) is 18.4 Å². The predicted molar refractivity (Wildman–Crippen MR) is 69.3 cm³/mol. The van der Waals surface area contributed by atoms with E-state index in [1.165, 1.54) is 25.7 Å². The van der Waals surface area contributed by atoms with E-state index in [0.717, 1.165) is 26.2 Å². The van der Waals surface area contributed by atoms with Crippen LogP contribution in [0.2, 0.25) is 0 Å². The summed E-state index contributed by atoms with van der Waals surface area (Å²) in [6.45, 7) is 13.5. The van der Waals surface area contributed by atoms with Crippen LogP contribution in [-0.4, -0.2) is 26.2 Å². The lowest BCUT2D eigenvalue weighted by molar-refractivity contribution is 0.303. The zero-order valence-corrected chi connectivity index (χ0v) is 11.2. The van der Waals surface area contributed by atoms with E-state index >= 15 is 0 Å². The summed E-state index contributed by atoms with van der Waals surface area (Å²) in [5.74, 6) is 0. The number of hydrogen-bond acceptors (Lipinski definition) is 2. The topological polar surface area (TPSA) is 24.1 Å². The lowest BCUT2D eigenvalue weighted by Gasteiger charge is -2.25. The van der Waals surface area contributed by atoms with Crippen molar-refractivity contribution in [2.45, 2.75) is 53.4 Å². The molecule has 0 unspecified atom stereocenters. The smallest absolute Gasteiger partial charge is 0.00769 e. The van der Waals surface area contributed by atoms with Gasteiger partial charge in [0.15, 0.2) is 0 Å². The van der Waals surface area contributed by atoms with Crippen molar-refractivity contribution in [1.29, 1.82) is 0 Å². The van der Waals surface area contributed by atoms with Crippen LogP contribution in [0.1, 0.15) is 53.4 Å². The maximum absolute atomic E-state index is 3.52. The minimum atomic E-state index is 0.460. The molecule has 0 amide bonds. The molecule has 2 nitrogen and oxygen atoms in total. The van der Waals surface area contributed by atoms with Gasteiger partial charge < -0.3 is 10.6 Å². The van der Waals surface area contributed by atoms with Gasteiger partial charge in [-0.25, -0.2) is 0 Å². The fourth-order valence-electron chi connectivity index (χ4n) is 1.72. The summed E-state index contributed by atoms with van der Waals surface area (Å²) in [6, 6.07) is 0. The molecule has 0 spiro atoms. The van der Waals surface area contributed by atoms with E-state index in [1.54, 1.807) is 0 Å². The van der Waals surface area contributed by atoms with E-state index in [-0.39, 0.29) is 0 Å². The van der Waals surface area contributed by atoms with E-state index in [9.17, 15) is 0 Å². The van der Waals surface area contributed by atoms with Gasteiger partial charge in [0, 0.05) is 19.6 Å². The van der Waals surface area contributed by atoms with Crippen molar-refractivity contribution in [1.82, 2.24) is 10.6 Å². The Morgan fingerprint density at radius 3 is 2.20 bits per heavy atom. The standard InChI is InChI=1S/C13H30N2/c1-5-7-8-9-13(3,4)12-15-11-10-14-6-2/h14-15H,5-12H2,1-4H3. The minimum absolute atomic E-state index is 0.460. The van der Waals surface area contributed by atoms with Crippen LogP contribution in [-0.2, 0) is 0 Å². The Hall–Kier alpha value is -0.0800. The lowest BCUT2D eigenvalue weighted by Crippen LogP contribution is -2.34. The molecule has 92 valence electrons. The largest absolute Gasteiger partial charge is 0.316 e. The van der Waals surface area contributed by atoms with E-state index in [4.69, 9.17) is 0 Å². The molecule has 0 rings (SSSR count). The molecule has 2 heteroatoms. The van der Waals surface area contributed by atoms with Gasteiger partial charge in [0.25, 0.3) is 0 Å². The molecule has 0 bridgehead atoms. The van der Waals surface area contributed by atoms with Crippen molar-refractivity contribution in [2.75, 3.05) is 26.2 Å². The highest BCUT2D eigenvalue weighted by atomic mass is 14.9. The van der Waals surface area contributed by atoms with Crippen LogP contribution in [0.5, 0.6) is 0 Å². The average molecular weight is 214 g/mol. The second-order valence-electron chi connectivity index (χ2n) is 5.15. The third kappa shape index (κ3) is 10.2. The Balaban J connectivity index is 3.38. The molecule has 0 saturated heterocycles. The van der Waals surface area contributed by atoms with Gasteiger partial charge in [-0.15, -0.1) is 0 Å². The van der Waals surface area contributed by atoms with E-state index < -0.39 is 0 Å². The SMILES string of the molecule is CCCCCC(C)(C)CNCCNCC. The number of hydrogen-bond donors (Lipinski definition) is 2. The number of likely N-dealkylation sites (N-methyl/N-ethyl adjacent to an activating group) is 1. The quantitative estimate of drug-likeness (QED) is 0.546. The third-order valence-electron chi connectivity index (χ3n) is 2.79. The van der Waals surface area contributed by atoms with E-state index in [1.807, 2.05) is 0 Å². The first-order valence-corrected chi connectivity index (χ1v) is 6.54. The monoisotopic (exact) mass is 214 g/mol. The number of unbranched alkanes of at least 4 members (excludes halogenated alkanes) is 2. The van der Waals surface area contributed by atoms with Crippen molar-refractivity contribution in [2.24, 2.45) is 5.41 Å². The average Bonchev–Trinajstić information content (AvgIpc) is 2.17. The number of nitrogens with one attached hydrogen (secondary N) is 2. The molecule has 15 heavy (non-hydrogen) atoms. The maximum Gasteiger partial charge on any atom is 0.00769 e. The second-order valence-corrected chi connectivity index (χ2v) is 5.15. The van der Waals surface area contributed by atoms with Gasteiger partial charge in [0.2, 0.25) is 0 Å². The highest BCUT2D eigenvalue weighted by Crippen LogP contribution is 2.22. The van der Waals surface area contributed by atoms with Crippen molar-refractivity contribution < 1.29 is 0 Å². The molecule has 0 aliphatic rings. The van der Waals surface area contributed by atoms with Crippen LogP contribution in [0.15, 0.2) is 0 Å². The van der Waals surface area contributed by atoms with E-state index in [2.05, 4.69) is 38.3 Å². The molecule has 2 N–H and O–H groups in total. The highest BCUT2D eigenvalue weighted by molar-refractivity contribution is 4.71. The van der Waals surface area contributed by atoms with Gasteiger partial charge in [0.1, 0.15) is 0 Å². The normalized spacial score (nSPS) is 12.0. The fourth-order valence-corrected chi connectivity index (χ4v) is 1.72. The van der Waals surface area contributed by atoms with Crippen LogP contribution < -0.4 is 10.6 Å². The molecule has 0 aromatic heterocycles. The van der Waals surface area contributed by atoms with Gasteiger partial charge in [0.05, 0.1) is 0 Å². The molecule has 0 fully saturated rings.